The van der Waals surface area contributed by atoms with Crippen LogP contribution >= 0.6 is 55.1 Å². The lowest BCUT2D eigenvalue weighted by molar-refractivity contribution is 0.303. The van der Waals surface area contributed by atoms with Crippen molar-refractivity contribution in [2.45, 2.75) is 6.61 Å². The van der Waals surface area contributed by atoms with Crippen molar-refractivity contribution in [3.63, 3.8) is 0 Å². The minimum absolute atomic E-state index is 0.268. The number of allylic oxidation sites excluding steroid dienone is 1. The normalized spacial score (nSPS) is 11.2. The molecular weight excluding hydrogens is 525 g/mol. The Labute approximate surface area is 190 Å². The van der Waals surface area contributed by atoms with Gasteiger partial charge >= 0.3 is 0 Å². The average molecular weight is 538 g/mol. The molecule has 0 amide bonds. The molecule has 6 heteroatoms. The van der Waals surface area contributed by atoms with Gasteiger partial charge in [-0.1, -0.05) is 75.5 Å². The molecule has 0 aliphatic rings. The first-order valence-corrected chi connectivity index (χ1v) is 10.5. The molecule has 3 aromatic carbocycles. The topological polar surface area (TPSA) is 33.0 Å². The van der Waals surface area contributed by atoms with Crippen molar-refractivity contribution >= 4 is 66.7 Å². The van der Waals surface area contributed by atoms with Crippen LogP contribution in [0.25, 0.3) is 11.6 Å². The Morgan fingerprint density at radius 3 is 2.46 bits per heavy atom. The molecule has 2 nitrogen and oxygen atoms in total. The second-order valence-corrected chi connectivity index (χ2v) is 8.48. The molecule has 0 bridgehead atoms. The lowest BCUT2D eigenvalue weighted by Crippen LogP contribution is -1.99. The summed E-state index contributed by atoms with van der Waals surface area (Å²) in [5, 5.41) is 10.7. The highest BCUT2D eigenvalue weighted by molar-refractivity contribution is 9.11. The number of benzene rings is 3. The van der Waals surface area contributed by atoms with Crippen molar-refractivity contribution in [1.29, 1.82) is 5.26 Å². The predicted molar refractivity (Wildman–Crippen MR) is 123 cm³/mol. The largest absolute Gasteiger partial charge is 0.487 e. The standard InChI is InChI=1S/C22H13Br2Cl2NO/c23-18-9-16(8-17(12-27)14-4-2-1-3-5-14)22(20(24)10-18)28-13-15-6-7-19(25)11-21(15)26/h1-11H,13H2/b17-8+. The van der Waals surface area contributed by atoms with E-state index in [4.69, 9.17) is 27.9 Å². The summed E-state index contributed by atoms with van der Waals surface area (Å²) in [6.07, 6.45) is 1.81. The maximum atomic E-state index is 9.63. The first-order valence-electron chi connectivity index (χ1n) is 8.21. The number of hydrogen-bond donors (Lipinski definition) is 0. The van der Waals surface area contributed by atoms with Gasteiger partial charge in [-0.15, -0.1) is 0 Å². The Morgan fingerprint density at radius 1 is 1.04 bits per heavy atom. The van der Waals surface area contributed by atoms with Crippen molar-refractivity contribution < 1.29 is 4.74 Å². The molecule has 0 saturated carbocycles. The third kappa shape index (κ3) is 5.18. The predicted octanol–water partition coefficient (Wildman–Crippen LogP) is 8.16. The number of hydrogen-bond acceptors (Lipinski definition) is 2. The molecule has 0 unspecified atom stereocenters. The van der Waals surface area contributed by atoms with E-state index in [1.807, 2.05) is 54.6 Å². The Morgan fingerprint density at radius 2 is 1.79 bits per heavy atom. The van der Waals surface area contributed by atoms with E-state index < -0.39 is 0 Å². The molecule has 0 spiro atoms. The maximum Gasteiger partial charge on any atom is 0.141 e. The Kier molecular flexibility index (Phi) is 7.20. The van der Waals surface area contributed by atoms with E-state index in [-0.39, 0.29) is 6.61 Å². The fourth-order valence-electron chi connectivity index (χ4n) is 2.58. The van der Waals surface area contributed by atoms with Crippen molar-refractivity contribution in [3.8, 4) is 11.8 Å². The first-order chi connectivity index (χ1) is 13.5. The molecule has 0 heterocycles. The van der Waals surface area contributed by atoms with Gasteiger partial charge in [-0.25, -0.2) is 0 Å². The van der Waals surface area contributed by atoms with Crippen LogP contribution in [0.1, 0.15) is 16.7 Å². The summed E-state index contributed by atoms with van der Waals surface area (Å²) in [4.78, 5) is 0. The first kappa shape index (κ1) is 21.0. The van der Waals surface area contributed by atoms with Gasteiger partial charge in [-0.3, -0.25) is 0 Å². The van der Waals surface area contributed by atoms with Gasteiger partial charge in [0.05, 0.1) is 16.1 Å². The van der Waals surface area contributed by atoms with E-state index in [9.17, 15) is 5.26 Å². The monoisotopic (exact) mass is 535 g/mol. The Balaban J connectivity index is 1.98. The molecule has 0 saturated heterocycles. The minimum Gasteiger partial charge on any atom is -0.487 e. The number of nitrogens with zero attached hydrogens (tertiary/aromatic N) is 1. The van der Waals surface area contributed by atoms with Gasteiger partial charge in [0.25, 0.3) is 0 Å². The average Bonchev–Trinajstić information content (AvgIpc) is 2.67. The molecule has 3 rings (SSSR count). The van der Waals surface area contributed by atoms with Gasteiger partial charge in [-0.05, 0) is 51.8 Å². The van der Waals surface area contributed by atoms with Gasteiger partial charge in [0.2, 0.25) is 0 Å². The van der Waals surface area contributed by atoms with E-state index in [0.717, 1.165) is 25.6 Å². The second-order valence-electron chi connectivity index (χ2n) is 5.87. The number of rotatable bonds is 5. The van der Waals surface area contributed by atoms with E-state index in [1.54, 1.807) is 12.1 Å². The highest BCUT2D eigenvalue weighted by Crippen LogP contribution is 2.36. The molecule has 0 atom stereocenters. The zero-order chi connectivity index (χ0) is 20.1. The van der Waals surface area contributed by atoms with Crippen molar-refractivity contribution in [3.05, 3.63) is 96.3 Å². The van der Waals surface area contributed by atoms with Gasteiger partial charge in [0.15, 0.2) is 0 Å². The molecular formula is C22H13Br2Cl2NO. The zero-order valence-electron chi connectivity index (χ0n) is 14.4. The lowest BCUT2D eigenvalue weighted by atomic mass is 10.0. The number of halogens is 4. The van der Waals surface area contributed by atoms with E-state index in [2.05, 4.69) is 37.9 Å². The van der Waals surface area contributed by atoms with Crippen LogP contribution in [0.3, 0.4) is 0 Å². The highest BCUT2D eigenvalue weighted by Gasteiger charge is 2.12. The van der Waals surface area contributed by atoms with Crippen LogP contribution in [0.5, 0.6) is 5.75 Å². The SMILES string of the molecule is N#C/C(=C\c1cc(Br)cc(Br)c1OCc1ccc(Cl)cc1Cl)c1ccccc1. The van der Waals surface area contributed by atoms with Gasteiger partial charge in [0.1, 0.15) is 12.4 Å². The van der Waals surface area contributed by atoms with E-state index in [1.165, 1.54) is 0 Å². The van der Waals surface area contributed by atoms with Crippen LogP contribution < -0.4 is 4.74 Å². The summed E-state index contributed by atoms with van der Waals surface area (Å²) in [6.45, 7) is 0.268. The van der Waals surface area contributed by atoms with Gasteiger partial charge in [0, 0.05) is 25.6 Å². The molecule has 0 radical (unpaired) electrons. The van der Waals surface area contributed by atoms with Gasteiger partial charge < -0.3 is 4.74 Å². The summed E-state index contributed by atoms with van der Waals surface area (Å²) in [6, 6.07) is 20.9. The fourth-order valence-corrected chi connectivity index (χ4v) is 4.42. The number of nitriles is 1. The molecule has 0 aromatic heterocycles. The molecule has 28 heavy (non-hydrogen) atoms. The van der Waals surface area contributed by atoms with Crippen LogP contribution in [0.15, 0.2) is 69.6 Å². The minimum atomic E-state index is 0.268. The summed E-state index contributed by atoms with van der Waals surface area (Å²) in [5.74, 6) is 0.623. The summed E-state index contributed by atoms with van der Waals surface area (Å²) < 4.78 is 7.70. The van der Waals surface area contributed by atoms with E-state index >= 15 is 0 Å². The smallest absolute Gasteiger partial charge is 0.141 e. The van der Waals surface area contributed by atoms with Crippen LogP contribution in [0, 0.1) is 11.3 Å². The van der Waals surface area contributed by atoms with Crippen molar-refractivity contribution in [2.24, 2.45) is 0 Å². The zero-order valence-corrected chi connectivity index (χ0v) is 19.1. The molecule has 3 aromatic rings. The third-order valence-corrected chi connectivity index (χ3v) is 5.56. The summed E-state index contributed by atoms with van der Waals surface area (Å²) in [5.41, 5.74) is 2.97. The Hall–Kier alpha value is -1.77. The lowest BCUT2D eigenvalue weighted by Gasteiger charge is -2.14. The second kappa shape index (κ2) is 9.62. The fraction of sp³-hybridized carbons (Fsp3) is 0.0455. The summed E-state index contributed by atoms with van der Waals surface area (Å²) >= 11 is 19.3. The molecule has 0 aliphatic carbocycles. The maximum absolute atomic E-state index is 9.63. The van der Waals surface area contributed by atoms with Crippen LogP contribution in [-0.4, -0.2) is 0 Å². The highest BCUT2D eigenvalue weighted by atomic mass is 79.9. The quantitative estimate of drug-likeness (QED) is 0.243. The van der Waals surface area contributed by atoms with Crippen molar-refractivity contribution in [1.82, 2.24) is 0 Å². The van der Waals surface area contributed by atoms with Crippen molar-refractivity contribution in [2.75, 3.05) is 0 Å². The third-order valence-electron chi connectivity index (χ3n) is 3.93. The van der Waals surface area contributed by atoms with Crippen LogP contribution in [0.2, 0.25) is 10.0 Å². The molecule has 0 aliphatic heterocycles. The van der Waals surface area contributed by atoms with E-state index in [0.29, 0.717) is 21.4 Å². The van der Waals surface area contributed by atoms with Crippen LogP contribution in [-0.2, 0) is 6.61 Å². The molecule has 0 fully saturated rings. The van der Waals surface area contributed by atoms with Gasteiger partial charge in [-0.2, -0.15) is 5.26 Å². The molecule has 0 N–H and O–H groups in total. The van der Waals surface area contributed by atoms with Crippen LogP contribution in [0.4, 0.5) is 0 Å². The molecule has 140 valence electrons. The summed E-state index contributed by atoms with van der Waals surface area (Å²) in [7, 11) is 0. The number of ether oxygens (including phenoxy) is 1. The Bertz CT molecular complexity index is 1080.